The van der Waals surface area contributed by atoms with Crippen LogP contribution in [-0.4, -0.2) is 39.2 Å². The Morgan fingerprint density at radius 3 is 2.28 bits per heavy atom. The summed E-state index contributed by atoms with van der Waals surface area (Å²) in [6.07, 6.45) is -0.960. The fourth-order valence-electron chi connectivity index (χ4n) is 3.62. The number of aromatic nitrogens is 3. The van der Waals surface area contributed by atoms with Crippen molar-refractivity contribution in [2.24, 2.45) is 5.73 Å². The van der Waals surface area contributed by atoms with Gasteiger partial charge in [-0.3, -0.25) is 14.5 Å². The molecule has 1 aromatic heterocycles. The Morgan fingerprint density at radius 1 is 0.906 bits per heavy atom. The first-order chi connectivity index (χ1) is 15.6. The quantitative estimate of drug-likeness (QED) is 0.542. The smallest absolute Gasteiger partial charge is 0.298 e. The Hall–Kier alpha value is -4.46. The van der Waals surface area contributed by atoms with Gasteiger partial charge in [0.1, 0.15) is 5.75 Å². The number of amides is 2. The summed E-state index contributed by atoms with van der Waals surface area (Å²) in [6, 6.07) is 26.0. The average molecular weight is 425 g/mol. The predicted molar refractivity (Wildman–Crippen MR) is 119 cm³/mol. The molecule has 4 aromatic rings. The summed E-state index contributed by atoms with van der Waals surface area (Å²) in [7, 11) is 0. The van der Waals surface area contributed by atoms with E-state index in [0.29, 0.717) is 17.3 Å². The van der Waals surface area contributed by atoms with Crippen LogP contribution in [-0.2, 0) is 4.79 Å². The number of ether oxygens (including phenoxy) is 1. The molecule has 2 heterocycles. The molecular weight excluding hydrogens is 406 g/mol. The van der Waals surface area contributed by atoms with Gasteiger partial charge in [-0.25, -0.2) is 9.67 Å². The second kappa shape index (κ2) is 7.99. The van der Waals surface area contributed by atoms with Gasteiger partial charge in [0.15, 0.2) is 11.9 Å². The molecule has 3 aromatic carbocycles. The van der Waals surface area contributed by atoms with Crippen molar-refractivity contribution in [3.63, 3.8) is 0 Å². The van der Waals surface area contributed by atoms with E-state index in [1.807, 2.05) is 60.7 Å². The number of carbonyl (C=O) groups is 2. The van der Waals surface area contributed by atoms with Crippen molar-refractivity contribution < 1.29 is 14.3 Å². The van der Waals surface area contributed by atoms with Gasteiger partial charge in [-0.05, 0) is 24.3 Å². The van der Waals surface area contributed by atoms with Crippen molar-refractivity contribution in [2.45, 2.75) is 6.10 Å². The molecule has 1 aliphatic rings. The second-order valence-electron chi connectivity index (χ2n) is 7.26. The van der Waals surface area contributed by atoms with Crippen molar-refractivity contribution >= 4 is 17.5 Å². The number of nitrogens with two attached hydrogens (primary N) is 1. The summed E-state index contributed by atoms with van der Waals surface area (Å²) in [5, 5.41) is 4.53. The first kappa shape index (κ1) is 19.5. The molecule has 32 heavy (non-hydrogen) atoms. The van der Waals surface area contributed by atoms with E-state index in [9.17, 15) is 9.59 Å². The average Bonchev–Trinajstić information content (AvgIpc) is 3.29. The summed E-state index contributed by atoms with van der Waals surface area (Å²) in [5.41, 5.74) is 7.60. The third-order valence-corrected chi connectivity index (χ3v) is 5.17. The van der Waals surface area contributed by atoms with E-state index in [-0.39, 0.29) is 12.4 Å². The van der Waals surface area contributed by atoms with E-state index in [1.165, 1.54) is 4.90 Å². The van der Waals surface area contributed by atoms with Crippen LogP contribution >= 0.6 is 0 Å². The molecule has 158 valence electrons. The van der Waals surface area contributed by atoms with E-state index in [0.717, 1.165) is 11.3 Å². The molecule has 0 saturated carbocycles. The minimum atomic E-state index is -0.960. The summed E-state index contributed by atoms with van der Waals surface area (Å²) in [4.78, 5) is 31.4. The van der Waals surface area contributed by atoms with Gasteiger partial charge in [-0.15, -0.1) is 5.10 Å². The molecule has 0 bridgehead atoms. The molecule has 0 aliphatic carbocycles. The number of benzene rings is 3. The molecule has 1 unspecified atom stereocenters. The van der Waals surface area contributed by atoms with Crippen molar-refractivity contribution in [1.82, 2.24) is 14.8 Å². The largest absolute Gasteiger partial charge is 0.477 e. The maximum absolute atomic E-state index is 13.5. The van der Waals surface area contributed by atoms with Crippen molar-refractivity contribution in [1.29, 1.82) is 0 Å². The molecule has 5 rings (SSSR count). The number of fused-ring (bicyclic) bond motifs is 1. The molecule has 0 saturated heterocycles. The van der Waals surface area contributed by atoms with Gasteiger partial charge in [0.25, 0.3) is 11.8 Å². The number of para-hydroxylation sites is 3. The first-order valence-corrected chi connectivity index (χ1v) is 10.1. The second-order valence-corrected chi connectivity index (χ2v) is 7.26. The number of primary amides is 1. The van der Waals surface area contributed by atoms with E-state index in [2.05, 4.69) is 10.1 Å². The van der Waals surface area contributed by atoms with Crippen LogP contribution in [0.3, 0.4) is 0 Å². The zero-order chi connectivity index (χ0) is 22.1. The standard InChI is InChI=1S/C24H19N5O3/c25-21(30)20-15-28(18-13-7-8-14-19(18)32-20)24(31)22-26-23(16-9-3-1-4-10-16)29(27-22)17-11-5-2-6-12-17/h1-14,20H,15H2,(H2,25,30). The van der Waals surface area contributed by atoms with Crippen molar-refractivity contribution in [3.05, 3.63) is 90.8 Å². The lowest BCUT2D eigenvalue weighted by atomic mass is 10.1. The highest BCUT2D eigenvalue weighted by Gasteiger charge is 2.35. The van der Waals surface area contributed by atoms with E-state index >= 15 is 0 Å². The van der Waals surface area contributed by atoms with Gasteiger partial charge >= 0.3 is 0 Å². The predicted octanol–water partition coefficient (Wildman–Crippen LogP) is 2.83. The zero-order valence-corrected chi connectivity index (χ0v) is 17.0. The highest BCUT2D eigenvalue weighted by Crippen LogP contribution is 2.34. The molecule has 8 heteroatoms. The Balaban J connectivity index is 1.60. The van der Waals surface area contributed by atoms with Crippen molar-refractivity contribution in [2.75, 3.05) is 11.4 Å². The van der Waals surface area contributed by atoms with Crippen LogP contribution in [0.5, 0.6) is 5.75 Å². The molecule has 2 N–H and O–H groups in total. The molecule has 0 spiro atoms. The van der Waals surface area contributed by atoms with Gasteiger partial charge in [-0.1, -0.05) is 60.7 Å². The minimum absolute atomic E-state index is 0.00706. The molecule has 2 amide bonds. The number of carbonyl (C=O) groups excluding carboxylic acids is 2. The van der Waals surface area contributed by atoms with Gasteiger partial charge in [-0.2, -0.15) is 0 Å². The van der Waals surface area contributed by atoms with E-state index in [1.54, 1.807) is 28.9 Å². The van der Waals surface area contributed by atoms with Gasteiger partial charge in [0.2, 0.25) is 5.82 Å². The van der Waals surface area contributed by atoms with Crippen LogP contribution in [0.25, 0.3) is 17.1 Å². The van der Waals surface area contributed by atoms with Gasteiger partial charge in [0, 0.05) is 5.56 Å². The summed E-state index contributed by atoms with van der Waals surface area (Å²) in [5.74, 6) is -0.147. The lowest BCUT2D eigenvalue weighted by Crippen LogP contribution is -2.49. The van der Waals surface area contributed by atoms with Crippen LogP contribution in [0.1, 0.15) is 10.6 Å². The number of hydrogen-bond acceptors (Lipinski definition) is 5. The highest BCUT2D eigenvalue weighted by molar-refractivity contribution is 6.05. The topological polar surface area (TPSA) is 103 Å². The highest BCUT2D eigenvalue weighted by atomic mass is 16.5. The van der Waals surface area contributed by atoms with Crippen LogP contribution in [0.15, 0.2) is 84.9 Å². The molecular formula is C24H19N5O3. The number of anilines is 1. The molecule has 0 fully saturated rings. The molecule has 0 radical (unpaired) electrons. The summed E-state index contributed by atoms with van der Waals surface area (Å²) < 4.78 is 7.30. The number of rotatable bonds is 4. The van der Waals surface area contributed by atoms with Crippen LogP contribution in [0.4, 0.5) is 5.69 Å². The maximum Gasteiger partial charge on any atom is 0.298 e. The monoisotopic (exact) mass is 425 g/mol. The Kier molecular flexibility index (Phi) is 4.87. The minimum Gasteiger partial charge on any atom is -0.477 e. The molecule has 8 nitrogen and oxygen atoms in total. The summed E-state index contributed by atoms with van der Waals surface area (Å²) >= 11 is 0. The lowest BCUT2D eigenvalue weighted by Gasteiger charge is -2.32. The Morgan fingerprint density at radius 2 is 1.56 bits per heavy atom. The molecule has 1 aliphatic heterocycles. The Labute approximate surface area is 183 Å². The van der Waals surface area contributed by atoms with E-state index in [4.69, 9.17) is 10.5 Å². The summed E-state index contributed by atoms with van der Waals surface area (Å²) in [6.45, 7) is -0.0221. The third kappa shape index (κ3) is 3.47. The van der Waals surface area contributed by atoms with Crippen LogP contribution < -0.4 is 15.4 Å². The fourth-order valence-corrected chi connectivity index (χ4v) is 3.62. The number of hydrogen-bond donors (Lipinski definition) is 1. The SMILES string of the molecule is NC(=O)C1CN(C(=O)c2nc(-c3ccccc3)n(-c3ccccc3)n2)c2ccccc2O1. The van der Waals surface area contributed by atoms with Crippen LogP contribution in [0.2, 0.25) is 0 Å². The lowest BCUT2D eigenvalue weighted by molar-refractivity contribution is -0.124. The number of nitrogens with zero attached hydrogens (tertiary/aromatic N) is 4. The Bertz CT molecular complexity index is 1230. The maximum atomic E-state index is 13.5. The first-order valence-electron chi connectivity index (χ1n) is 10.1. The van der Waals surface area contributed by atoms with Crippen LogP contribution in [0, 0.1) is 0 Å². The van der Waals surface area contributed by atoms with Crippen molar-refractivity contribution in [3.8, 4) is 22.8 Å². The molecule has 1 atom stereocenters. The van der Waals surface area contributed by atoms with Gasteiger partial charge in [0.05, 0.1) is 17.9 Å². The normalized spacial score (nSPS) is 15.0. The fraction of sp³-hybridized carbons (Fsp3) is 0.0833. The zero-order valence-electron chi connectivity index (χ0n) is 17.0. The van der Waals surface area contributed by atoms with Gasteiger partial charge < -0.3 is 10.5 Å². The van der Waals surface area contributed by atoms with E-state index < -0.39 is 17.9 Å². The third-order valence-electron chi connectivity index (χ3n) is 5.17.